The van der Waals surface area contributed by atoms with Gasteiger partial charge in [0.25, 0.3) is 5.56 Å². The van der Waals surface area contributed by atoms with Crippen molar-refractivity contribution in [3.8, 4) is 0 Å². The maximum atomic E-state index is 13.6. The monoisotopic (exact) mass is 499 g/mol. The Hall–Kier alpha value is -4.24. The number of aromatic amines is 1. The molecule has 0 bridgehead atoms. The van der Waals surface area contributed by atoms with Crippen LogP contribution in [-0.2, 0) is 9.59 Å². The van der Waals surface area contributed by atoms with Crippen LogP contribution in [0.5, 0.6) is 0 Å². The number of piperazine rings is 1. The highest BCUT2D eigenvalue weighted by molar-refractivity contribution is 6.02. The number of anilines is 1. The second kappa shape index (κ2) is 10.4. The highest BCUT2D eigenvalue weighted by Crippen LogP contribution is 2.29. The number of furan rings is 1. The maximum absolute atomic E-state index is 13.6. The Morgan fingerprint density at radius 3 is 2.14 bits per heavy atom. The summed E-state index contributed by atoms with van der Waals surface area (Å²) < 4.78 is 5.68. The molecule has 1 aliphatic heterocycles. The summed E-state index contributed by atoms with van der Waals surface area (Å²) in [5.41, 5.74) is 2.14. The molecule has 5 rings (SSSR count). The molecule has 9 nitrogen and oxygen atoms in total. The number of fused-ring (bicyclic) bond motifs is 1. The maximum Gasteiger partial charge on any atom is 0.277 e. The van der Waals surface area contributed by atoms with E-state index in [1.54, 1.807) is 13.8 Å². The van der Waals surface area contributed by atoms with Gasteiger partial charge in [0.2, 0.25) is 17.7 Å². The summed E-state index contributed by atoms with van der Waals surface area (Å²) in [6, 6.07) is 19.6. The number of nitrogens with zero attached hydrogens (tertiary/aromatic N) is 3. The molecule has 0 saturated carbocycles. The SMILES string of the molecule is Cc1n[nH]c(=O)c2c(NC(=O)CN3CCN(C(=O)C(c4ccccc4)c4ccccc4)CC3)oc(C)c12. The van der Waals surface area contributed by atoms with Gasteiger partial charge in [-0.25, -0.2) is 5.10 Å². The predicted octanol–water partition coefficient (Wildman–Crippen LogP) is 3.05. The number of aromatic nitrogens is 2. The zero-order valence-corrected chi connectivity index (χ0v) is 20.9. The summed E-state index contributed by atoms with van der Waals surface area (Å²) in [5.74, 6) is 0.0632. The fourth-order valence-electron chi connectivity index (χ4n) is 4.98. The lowest BCUT2D eigenvalue weighted by Gasteiger charge is -2.36. The minimum absolute atomic E-state index is 0.0576. The van der Waals surface area contributed by atoms with E-state index in [4.69, 9.17) is 4.42 Å². The zero-order chi connectivity index (χ0) is 25.9. The van der Waals surface area contributed by atoms with Crippen molar-refractivity contribution in [2.24, 2.45) is 0 Å². The van der Waals surface area contributed by atoms with Crippen molar-refractivity contribution in [1.82, 2.24) is 20.0 Å². The summed E-state index contributed by atoms with van der Waals surface area (Å²) >= 11 is 0. The Kier molecular flexibility index (Phi) is 6.87. The fourth-order valence-corrected chi connectivity index (χ4v) is 4.98. The van der Waals surface area contributed by atoms with Gasteiger partial charge in [0, 0.05) is 26.2 Å². The lowest BCUT2D eigenvalue weighted by Crippen LogP contribution is -2.51. The van der Waals surface area contributed by atoms with Crippen LogP contribution in [0.1, 0.15) is 28.5 Å². The van der Waals surface area contributed by atoms with Crippen molar-refractivity contribution in [2.75, 3.05) is 38.0 Å². The molecule has 9 heteroatoms. The van der Waals surface area contributed by atoms with Gasteiger partial charge in [-0.15, -0.1) is 0 Å². The number of nitrogens with one attached hydrogen (secondary N) is 2. The molecule has 1 fully saturated rings. The Balaban J connectivity index is 1.23. The second-order valence-corrected chi connectivity index (χ2v) is 9.28. The molecule has 0 aliphatic carbocycles. The van der Waals surface area contributed by atoms with Crippen molar-refractivity contribution >= 4 is 28.5 Å². The Labute approximate surface area is 214 Å². The van der Waals surface area contributed by atoms with Crippen LogP contribution >= 0.6 is 0 Å². The summed E-state index contributed by atoms with van der Waals surface area (Å²) in [7, 11) is 0. The number of carbonyl (C=O) groups excluding carboxylic acids is 2. The summed E-state index contributed by atoms with van der Waals surface area (Å²) in [4.78, 5) is 42.6. The van der Waals surface area contributed by atoms with Gasteiger partial charge in [-0.1, -0.05) is 60.7 Å². The van der Waals surface area contributed by atoms with Gasteiger partial charge in [-0.05, 0) is 25.0 Å². The molecule has 0 unspecified atom stereocenters. The van der Waals surface area contributed by atoms with Crippen molar-refractivity contribution in [3.05, 3.63) is 93.6 Å². The van der Waals surface area contributed by atoms with E-state index in [9.17, 15) is 14.4 Å². The molecule has 2 aromatic heterocycles. The first-order chi connectivity index (χ1) is 17.9. The highest BCUT2D eigenvalue weighted by atomic mass is 16.4. The van der Waals surface area contributed by atoms with Gasteiger partial charge < -0.3 is 9.32 Å². The lowest BCUT2D eigenvalue weighted by atomic mass is 9.90. The minimum atomic E-state index is -0.411. The van der Waals surface area contributed by atoms with E-state index in [0.717, 1.165) is 11.1 Å². The van der Waals surface area contributed by atoms with Crippen LogP contribution in [0, 0.1) is 13.8 Å². The summed E-state index contributed by atoms with van der Waals surface area (Å²) in [6.07, 6.45) is 0. The van der Waals surface area contributed by atoms with Gasteiger partial charge in [0.05, 0.1) is 23.5 Å². The number of benzene rings is 2. The number of hydrogen-bond acceptors (Lipinski definition) is 6. The van der Waals surface area contributed by atoms with E-state index in [1.165, 1.54) is 0 Å². The summed E-state index contributed by atoms with van der Waals surface area (Å²) in [6.45, 7) is 5.82. The lowest BCUT2D eigenvalue weighted by molar-refractivity contribution is -0.133. The first-order valence-corrected chi connectivity index (χ1v) is 12.3. The number of rotatable bonds is 6. The molecule has 0 atom stereocenters. The fraction of sp³-hybridized carbons (Fsp3) is 0.286. The molecular weight excluding hydrogens is 470 g/mol. The number of amides is 2. The van der Waals surface area contributed by atoms with E-state index in [0.29, 0.717) is 48.4 Å². The van der Waals surface area contributed by atoms with Crippen LogP contribution in [-0.4, -0.2) is 64.5 Å². The third-order valence-corrected chi connectivity index (χ3v) is 6.82. The quantitative estimate of drug-likeness (QED) is 0.422. The molecule has 2 amide bonds. The van der Waals surface area contributed by atoms with Gasteiger partial charge in [-0.2, -0.15) is 5.10 Å². The van der Waals surface area contributed by atoms with E-state index in [-0.39, 0.29) is 30.2 Å². The third kappa shape index (κ3) is 5.03. The standard InChI is InChI=1S/C28H29N5O4/c1-18-23-19(2)37-27(25(23)26(35)31-30-18)29-22(34)17-32-13-15-33(16-14-32)28(36)24(20-9-5-3-6-10-20)21-11-7-4-8-12-21/h3-12,24H,13-17H2,1-2H3,(H,29,34)(H,31,35). The Morgan fingerprint density at radius 1 is 0.946 bits per heavy atom. The van der Waals surface area contributed by atoms with Crippen LogP contribution in [0.2, 0.25) is 0 Å². The van der Waals surface area contributed by atoms with Crippen molar-refractivity contribution in [3.63, 3.8) is 0 Å². The Bertz CT molecular complexity index is 1430. The average Bonchev–Trinajstić information content (AvgIpc) is 3.24. The smallest absolute Gasteiger partial charge is 0.277 e. The molecule has 37 heavy (non-hydrogen) atoms. The second-order valence-electron chi connectivity index (χ2n) is 9.28. The largest absolute Gasteiger partial charge is 0.444 e. The molecular formula is C28H29N5O4. The van der Waals surface area contributed by atoms with E-state index >= 15 is 0 Å². The molecule has 4 aromatic rings. The molecule has 2 N–H and O–H groups in total. The highest BCUT2D eigenvalue weighted by Gasteiger charge is 2.30. The molecule has 2 aromatic carbocycles. The number of H-pyrrole nitrogens is 1. The van der Waals surface area contributed by atoms with Crippen LogP contribution in [0.3, 0.4) is 0 Å². The first-order valence-electron chi connectivity index (χ1n) is 12.3. The molecule has 1 aliphatic rings. The van der Waals surface area contributed by atoms with Crippen LogP contribution in [0.25, 0.3) is 10.8 Å². The van der Waals surface area contributed by atoms with Gasteiger partial charge in [0.1, 0.15) is 11.1 Å². The van der Waals surface area contributed by atoms with Crippen LogP contribution in [0.15, 0.2) is 69.9 Å². The van der Waals surface area contributed by atoms with Crippen molar-refractivity contribution < 1.29 is 14.0 Å². The van der Waals surface area contributed by atoms with E-state index in [1.807, 2.05) is 70.5 Å². The average molecular weight is 500 g/mol. The number of carbonyl (C=O) groups is 2. The first kappa shape index (κ1) is 24.5. The predicted molar refractivity (Wildman–Crippen MR) is 140 cm³/mol. The van der Waals surface area contributed by atoms with Gasteiger partial charge in [-0.3, -0.25) is 24.6 Å². The normalized spacial score (nSPS) is 14.3. The zero-order valence-electron chi connectivity index (χ0n) is 20.9. The number of hydrogen-bond donors (Lipinski definition) is 2. The van der Waals surface area contributed by atoms with E-state index < -0.39 is 5.56 Å². The molecule has 1 saturated heterocycles. The molecule has 0 radical (unpaired) electrons. The minimum Gasteiger partial charge on any atom is -0.444 e. The van der Waals surface area contributed by atoms with Crippen LogP contribution in [0.4, 0.5) is 5.88 Å². The van der Waals surface area contributed by atoms with E-state index in [2.05, 4.69) is 15.5 Å². The molecule has 0 spiro atoms. The van der Waals surface area contributed by atoms with Gasteiger partial charge >= 0.3 is 0 Å². The number of aryl methyl sites for hydroxylation is 2. The third-order valence-electron chi connectivity index (χ3n) is 6.82. The summed E-state index contributed by atoms with van der Waals surface area (Å²) in [5, 5.41) is 10.1. The molecule has 3 heterocycles. The topological polar surface area (TPSA) is 112 Å². The van der Waals surface area contributed by atoms with Crippen molar-refractivity contribution in [1.29, 1.82) is 0 Å². The van der Waals surface area contributed by atoms with Crippen LogP contribution < -0.4 is 10.9 Å². The molecule has 190 valence electrons. The van der Waals surface area contributed by atoms with Crippen molar-refractivity contribution in [2.45, 2.75) is 19.8 Å². The van der Waals surface area contributed by atoms with Gasteiger partial charge in [0.15, 0.2) is 0 Å². The Morgan fingerprint density at radius 2 is 1.54 bits per heavy atom.